The molecule has 7 nitrogen and oxygen atoms in total. The van der Waals surface area contributed by atoms with Crippen LogP contribution in [0.1, 0.15) is 0 Å². The molecule has 0 amide bonds. The lowest BCUT2D eigenvalue weighted by atomic mass is 10.1. The zero-order valence-electron chi connectivity index (χ0n) is 14.8. The van der Waals surface area contributed by atoms with Gasteiger partial charge in [-0.1, -0.05) is 0 Å². The van der Waals surface area contributed by atoms with Gasteiger partial charge in [0.1, 0.15) is 5.75 Å². The summed E-state index contributed by atoms with van der Waals surface area (Å²) in [5.74, 6) is 2.37. The number of nitrogen functional groups attached to an aromatic ring is 1. The number of rotatable bonds is 6. The van der Waals surface area contributed by atoms with Crippen molar-refractivity contribution in [3.8, 4) is 28.5 Å². The molecule has 0 fully saturated rings. The SMILES string of the molecule is COc1ccc(-c2ccnc(Nc3ccc(OC)c(OC)c3)n2)cc1N. The Hall–Kier alpha value is -3.48. The number of nitrogens with one attached hydrogen (secondary N) is 1. The number of nitrogens with two attached hydrogens (primary N) is 1. The molecule has 3 N–H and O–H groups in total. The van der Waals surface area contributed by atoms with Gasteiger partial charge < -0.3 is 25.3 Å². The maximum Gasteiger partial charge on any atom is 0.227 e. The number of hydrogen-bond acceptors (Lipinski definition) is 7. The maximum atomic E-state index is 5.98. The molecule has 0 unspecified atom stereocenters. The van der Waals surface area contributed by atoms with E-state index >= 15 is 0 Å². The molecule has 1 aromatic heterocycles. The predicted octanol–water partition coefficient (Wildman–Crippen LogP) is 3.50. The Labute approximate surface area is 151 Å². The van der Waals surface area contributed by atoms with E-state index in [9.17, 15) is 0 Å². The third-order valence-corrected chi connectivity index (χ3v) is 3.82. The van der Waals surface area contributed by atoms with Gasteiger partial charge in [0.05, 0.1) is 32.7 Å². The van der Waals surface area contributed by atoms with Crippen molar-refractivity contribution in [2.24, 2.45) is 0 Å². The van der Waals surface area contributed by atoms with Gasteiger partial charge in [-0.15, -0.1) is 0 Å². The number of nitrogens with zero attached hydrogens (tertiary/aromatic N) is 2. The van der Waals surface area contributed by atoms with Gasteiger partial charge in [-0.05, 0) is 36.4 Å². The number of aromatic nitrogens is 2. The molecule has 0 aliphatic heterocycles. The van der Waals surface area contributed by atoms with Crippen LogP contribution in [0.3, 0.4) is 0 Å². The molecule has 7 heteroatoms. The van der Waals surface area contributed by atoms with Crippen molar-refractivity contribution in [1.82, 2.24) is 9.97 Å². The molecule has 3 rings (SSSR count). The normalized spacial score (nSPS) is 10.3. The van der Waals surface area contributed by atoms with Crippen LogP contribution in [-0.4, -0.2) is 31.3 Å². The van der Waals surface area contributed by atoms with Crippen molar-refractivity contribution in [3.05, 3.63) is 48.7 Å². The molecule has 0 atom stereocenters. The molecule has 1 heterocycles. The van der Waals surface area contributed by atoms with Crippen LogP contribution in [0, 0.1) is 0 Å². The average molecular weight is 352 g/mol. The van der Waals surface area contributed by atoms with E-state index in [1.165, 1.54) is 0 Å². The fourth-order valence-corrected chi connectivity index (χ4v) is 2.52. The first-order valence-corrected chi connectivity index (χ1v) is 7.90. The van der Waals surface area contributed by atoms with Gasteiger partial charge in [-0.3, -0.25) is 0 Å². The minimum absolute atomic E-state index is 0.462. The summed E-state index contributed by atoms with van der Waals surface area (Å²) >= 11 is 0. The van der Waals surface area contributed by atoms with Crippen molar-refractivity contribution in [2.75, 3.05) is 32.4 Å². The van der Waals surface area contributed by atoms with Gasteiger partial charge in [-0.2, -0.15) is 0 Å². The summed E-state index contributed by atoms with van der Waals surface area (Å²) in [5, 5.41) is 3.16. The lowest BCUT2D eigenvalue weighted by Crippen LogP contribution is -1.99. The fraction of sp³-hybridized carbons (Fsp3) is 0.158. The summed E-state index contributed by atoms with van der Waals surface area (Å²) in [7, 11) is 4.77. The highest BCUT2D eigenvalue weighted by molar-refractivity contribution is 5.69. The first-order valence-electron chi connectivity index (χ1n) is 7.90. The Morgan fingerprint density at radius 3 is 2.27 bits per heavy atom. The third kappa shape index (κ3) is 3.61. The minimum Gasteiger partial charge on any atom is -0.495 e. The minimum atomic E-state index is 0.462. The van der Waals surface area contributed by atoms with E-state index in [1.54, 1.807) is 27.5 Å². The quantitative estimate of drug-likeness (QED) is 0.656. The zero-order valence-corrected chi connectivity index (χ0v) is 14.8. The third-order valence-electron chi connectivity index (χ3n) is 3.82. The molecule has 0 radical (unpaired) electrons. The van der Waals surface area contributed by atoms with Gasteiger partial charge >= 0.3 is 0 Å². The second-order valence-corrected chi connectivity index (χ2v) is 5.42. The second kappa shape index (κ2) is 7.60. The fourth-order valence-electron chi connectivity index (χ4n) is 2.52. The Morgan fingerprint density at radius 1 is 0.846 bits per heavy atom. The second-order valence-electron chi connectivity index (χ2n) is 5.42. The van der Waals surface area contributed by atoms with Crippen LogP contribution in [0.2, 0.25) is 0 Å². The van der Waals surface area contributed by atoms with Gasteiger partial charge in [0.15, 0.2) is 11.5 Å². The monoisotopic (exact) mass is 352 g/mol. The van der Waals surface area contributed by atoms with Crippen molar-refractivity contribution in [1.29, 1.82) is 0 Å². The first-order chi connectivity index (χ1) is 12.6. The molecule has 0 aliphatic carbocycles. The summed E-state index contributed by atoms with van der Waals surface area (Å²) in [6.45, 7) is 0. The number of methoxy groups -OCH3 is 3. The van der Waals surface area contributed by atoms with Gasteiger partial charge in [-0.25, -0.2) is 9.97 Å². The lowest BCUT2D eigenvalue weighted by molar-refractivity contribution is 0.355. The molecule has 0 saturated heterocycles. The molecule has 0 aliphatic rings. The first kappa shape index (κ1) is 17.3. The highest BCUT2D eigenvalue weighted by Crippen LogP contribution is 2.31. The molecule has 0 spiro atoms. The van der Waals surface area contributed by atoms with Crippen LogP contribution >= 0.6 is 0 Å². The summed E-state index contributed by atoms with van der Waals surface area (Å²) in [6.07, 6.45) is 1.69. The lowest BCUT2D eigenvalue weighted by Gasteiger charge is -2.11. The molecular formula is C19H20N4O3. The van der Waals surface area contributed by atoms with E-state index in [0.29, 0.717) is 28.9 Å². The summed E-state index contributed by atoms with van der Waals surface area (Å²) in [6, 6.07) is 12.9. The summed E-state index contributed by atoms with van der Waals surface area (Å²) in [4.78, 5) is 8.81. The van der Waals surface area contributed by atoms with Crippen molar-refractivity contribution >= 4 is 17.3 Å². The molecule has 26 heavy (non-hydrogen) atoms. The highest BCUT2D eigenvalue weighted by Gasteiger charge is 2.08. The summed E-state index contributed by atoms with van der Waals surface area (Å²) in [5.41, 5.74) is 8.94. The molecule has 3 aromatic rings. The zero-order chi connectivity index (χ0) is 18.5. The highest BCUT2D eigenvalue weighted by atomic mass is 16.5. The Balaban J connectivity index is 1.87. The standard InChI is InChI=1S/C19H20N4O3/c1-24-16-6-4-12(10-14(16)20)15-8-9-21-19(23-15)22-13-5-7-17(25-2)18(11-13)26-3/h4-11H,20H2,1-3H3,(H,21,22,23). The van der Waals surface area contributed by atoms with E-state index in [2.05, 4.69) is 15.3 Å². The van der Waals surface area contributed by atoms with Gasteiger partial charge in [0.2, 0.25) is 5.95 Å². The number of ether oxygens (including phenoxy) is 3. The van der Waals surface area contributed by atoms with E-state index in [4.69, 9.17) is 19.9 Å². The number of hydrogen-bond donors (Lipinski definition) is 2. The topological polar surface area (TPSA) is 91.5 Å². The number of anilines is 3. The largest absolute Gasteiger partial charge is 0.495 e. The molecule has 0 bridgehead atoms. The van der Waals surface area contributed by atoms with Crippen molar-refractivity contribution < 1.29 is 14.2 Å². The van der Waals surface area contributed by atoms with Crippen molar-refractivity contribution in [2.45, 2.75) is 0 Å². The molecular weight excluding hydrogens is 332 g/mol. The van der Waals surface area contributed by atoms with E-state index < -0.39 is 0 Å². The summed E-state index contributed by atoms with van der Waals surface area (Å²) < 4.78 is 15.7. The van der Waals surface area contributed by atoms with Crippen LogP contribution in [0.5, 0.6) is 17.2 Å². The number of benzene rings is 2. The Morgan fingerprint density at radius 2 is 1.58 bits per heavy atom. The van der Waals surface area contributed by atoms with E-state index in [0.717, 1.165) is 16.9 Å². The smallest absolute Gasteiger partial charge is 0.227 e. The molecule has 0 saturated carbocycles. The van der Waals surface area contributed by atoms with Gasteiger partial charge in [0.25, 0.3) is 0 Å². The average Bonchev–Trinajstić information content (AvgIpc) is 2.68. The van der Waals surface area contributed by atoms with Crippen LogP contribution in [0.25, 0.3) is 11.3 Å². The Kier molecular flexibility index (Phi) is 5.07. The van der Waals surface area contributed by atoms with E-state index in [1.807, 2.05) is 42.5 Å². The van der Waals surface area contributed by atoms with Crippen LogP contribution < -0.4 is 25.3 Å². The van der Waals surface area contributed by atoms with E-state index in [-0.39, 0.29) is 0 Å². The van der Waals surface area contributed by atoms with Crippen molar-refractivity contribution in [3.63, 3.8) is 0 Å². The van der Waals surface area contributed by atoms with Gasteiger partial charge in [0, 0.05) is 23.5 Å². The van der Waals surface area contributed by atoms with Crippen LogP contribution in [0.15, 0.2) is 48.7 Å². The van der Waals surface area contributed by atoms with Crippen LogP contribution in [0.4, 0.5) is 17.3 Å². The van der Waals surface area contributed by atoms with Crippen LogP contribution in [-0.2, 0) is 0 Å². The predicted molar refractivity (Wildman–Crippen MR) is 101 cm³/mol. The molecule has 134 valence electrons. The maximum absolute atomic E-state index is 5.98. The Bertz CT molecular complexity index is 915. The molecule has 2 aromatic carbocycles.